The predicted octanol–water partition coefficient (Wildman–Crippen LogP) is 2.26. The Morgan fingerprint density at radius 2 is 2.00 bits per heavy atom. The molecule has 0 unspecified atom stereocenters. The van der Waals surface area contributed by atoms with Gasteiger partial charge in [-0.3, -0.25) is 9.59 Å². The summed E-state index contributed by atoms with van der Waals surface area (Å²) >= 11 is 9.12. The number of halogens is 2. The Morgan fingerprint density at radius 1 is 1.36 bits per heavy atom. The molecule has 2 rings (SSSR count). The fraction of sp³-hybridized carbons (Fsp3) is 0.111. The van der Waals surface area contributed by atoms with Gasteiger partial charge < -0.3 is 4.90 Å². The predicted molar refractivity (Wildman–Crippen MR) is 56.9 cm³/mol. The van der Waals surface area contributed by atoms with Crippen LogP contribution in [0.4, 0.5) is 5.69 Å². The number of nitrogens with zero attached hydrogens (tertiary/aromatic N) is 1. The highest BCUT2D eigenvalue weighted by Gasteiger charge is 2.36. The van der Waals surface area contributed by atoms with Crippen molar-refractivity contribution in [3.63, 3.8) is 0 Å². The average molecular weight is 275 g/mol. The molecule has 14 heavy (non-hydrogen) atoms. The highest BCUT2D eigenvalue weighted by Crippen LogP contribution is 2.38. The Labute approximate surface area is 93.8 Å². The van der Waals surface area contributed by atoms with Crippen LogP contribution in [0.1, 0.15) is 10.4 Å². The van der Waals surface area contributed by atoms with Gasteiger partial charge in [-0.2, -0.15) is 0 Å². The topological polar surface area (TPSA) is 37.4 Å². The second kappa shape index (κ2) is 3.07. The summed E-state index contributed by atoms with van der Waals surface area (Å²) in [5, 5.41) is 0.407. The fourth-order valence-electron chi connectivity index (χ4n) is 1.45. The van der Waals surface area contributed by atoms with Crippen LogP contribution in [0.2, 0.25) is 5.02 Å². The monoisotopic (exact) mass is 273 g/mol. The van der Waals surface area contributed by atoms with Crippen LogP contribution in [0.15, 0.2) is 16.6 Å². The normalized spacial score (nSPS) is 14.9. The smallest absolute Gasteiger partial charge is 0.299 e. The van der Waals surface area contributed by atoms with Crippen molar-refractivity contribution in [3.05, 3.63) is 27.2 Å². The fourth-order valence-corrected chi connectivity index (χ4v) is 2.23. The van der Waals surface area contributed by atoms with Gasteiger partial charge >= 0.3 is 0 Å². The summed E-state index contributed by atoms with van der Waals surface area (Å²) in [6, 6.07) is 3.30. The van der Waals surface area contributed by atoms with Gasteiger partial charge in [-0.25, -0.2) is 0 Å². The molecule has 0 atom stereocenters. The van der Waals surface area contributed by atoms with E-state index in [1.807, 2.05) is 0 Å². The van der Waals surface area contributed by atoms with Crippen LogP contribution >= 0.6 is 27.5 Å². The summed E-state index contributed by atoms with van der Waals surface area (Å²) in [4.78, 5) is 24.1. The first-order valence-electron chi connectivity index (χ1n) is 3.84. The Morgan fingerprint density at radius 3 is 2.57 bits per heavy atom. The molecule has 0 spiro atoms. The minimum atomic E-state index is -0.547. The lowest BCUT2D eigenvalue weighted by atomic mass is 10.1. The van der Waals surface area contributed by atoms with Crippen molar-refractivity contribution in [3.8, 4) is 0 Å². The maximum atomic E-state index is 11.5. The summed E-state index contributed by atoms with van der Waals surface area (Å²) < 4.78 is 0.597. The third-order valence-corrected chi connectivity index (χ3v) is 3.11. The van der Waals surface area contributed by atoms with Gasteiger partial charge in [0, 0.05) is 11.5 Å². The molecule has 1 aromatic carbocycles. The minimum absolute atomic E-state index is 0.352. The number of hydrogen-bond acceptors (Lipinski definition) is 2. The number of fused-ring (bicyclic) bond motifs is 1. The van der Waals surface area contributed by atoms with Gasteiger partial charge in [-0.1, -0.05) is 11.6 Å². The van der Waals surface area contributed by atoms with Gasteiger partial charge in [0.05, 0.1) is 16.3 Å². The molecule has 0 aromatic heterocycles. The molecule has 0 radical (unpaired) electrons. The second-order valence-electron chi connectivity index (χ2n) is 2.95. The van der Waals surface area contributed by atoms with Crippen LogP contribution in [-0.2, 0) is 4.79 Å². The largest absolute Gasteiger partial charge is 0.306 e. The third kappa shape index (κ3) is 1.11. The molecule has 3 nitrogen and oxygen atoms in total. The molecule has 0 saturated carbocycles. The first kappa shape index (κ1) is 9.68. The number of likely N-dealkylation sites (N-methyl/N-ethyl adjacent to an activating group) is 1. The van der Waals surface area contributed by atoms with Gasteiger partial charge in [0.2, 0.25) is 0 Å². The first-order chi connectivity index (χ1) is 6.54. The number of benzene rings is 1. The second-order valence-corrected chi connectivity index (χ2v) is 4.21. The molecule has 72 valence electrons. The summed E-state index contributed by atoms with van der Waals surface area (Å²) in [6.45, 7) is 0. The van der Waals surface area contributed by atoms with Crippen LogP contribution < -0.4 is 4.90 Å². The van der Waals surface area contributed by atoms with E-state index in [0.717, 1.165) is 0 Å². The van der Waals surface area contributed by atoms with E-state index in [1.165, 1.54) is 11.9 Å². The maximum Gasteiger partial charge on any atom is 0.299 e. The number of anilines is 1. The molecule has 1 aliphatic heterocycles. The molecule has 0 fully saturated rings. The summed E-state index contributed by atoms with van der Waals surface area (Å²) in [6.07, 6.45) is 0. The van der Waals surface area contributed by atoms with E-state index >= 15 is 0 Å². The standard InChI is InChI=1S/C9H5BrClNO2/c1-12-7-5(11)3-2-4(10)6(7)8(13)9(12)14/h2-3H,1H3. The number of ketones is 1. The van der Waals surface area contributed by atoms with Crippen LogP contribution in [-0.4, -0.2) is 18.7 Å². The molecule has 1 aliphatic rings. The highest BCUT2D eigenvalue weighted by atomic mass is 79.9. The van der Waals surface area contributed by atoms with Crippen molar-refractivity contribution in [2.45, 2.75) is 0 Å². The van der Waals surface area contributed by atoms with Crippen molar-refractivity contribution in [1.29, 1.82) is 0 Å². The molecule has 0 saturated heterocycles. The van der Waals surface area contributed by atoms with Gasteiger partial charge in [0.25, 0.3) is 11.7 Å². The van der Waals surface area contributed by atoms with Crippen molar-refractivity contribution in [2.75, 3.05) is 11.9 Å². The number of Topliss-reactive ketones (excluding diaryl/α,β-unsaturated/α-hetero) is 1. The maximum absolute atomic E-state index is 11.5. The zero-order chi connectivity index (χ0) is 10.5. The van der Waals surface area contributed by atoms with Crippen LogP contribution in [0.25, 0.3) is 0 Å². The van der Waals surface area contributed by atoms with Crippen LogP contribution in [0.5, 0.6) is 0 Å². The molecular formula is C9H5BrClNO2. The average Bonchev–Trinajstić information content (AvgIpc) is 2.38. The lowest BCUT2D eigenvalue weighted by molar-refractivity contribution is -0.114. The summed E-state index contributed by atoms with van der Waals surface area (Å²) in [5.41, 5.74) is 0.834. The Kier molecular flexibility index (Phi) is 2.12. The van der Waals surface area contributed by atoms with Gasteiger partial charge in [-0.05, 0) is 28.1 Å². The van der Waals surface area contributed by atoms with E-state index in [-0.39, 0.29) is 0 Å². The van der Waals surface area contributed by atoms with Crippen LogP contribution in [0, 0.1) is 0 Å². The molecular weight excluding hydrogens is 269 g/mol. The van der Waals surface area contributed by atoms with Gasteiger partial charge in [0.1, 0.15) is 0 Å². The van der Waals surface area contributed by atoms with Gasteiger partial charge in [-0.15, -0.1) is 0 Å². The van der Waals surface area contributed by atoms with E-state index in [4.69, 9.17) is 11.6 Å². The van der Waals surface area contributed by atoms with E-state index in [9.17, 15) is 9.59 Å². The van der Waals surface area contributed by atoms with Crippen molar-refractivity contribution in [1.82, 2.24) is 0 Å². The lowest BCUT2D eigenvalue weighted by Gasteiger charge is -2.10. The van der Waals surface area contributed by atoms with E-state index in [0.29, 0.717) is 20.7 Å². The van der Waals surface area contributed by atoms with Gasteiger partial charge in [0.15, 0.2) is 0 Å². The van der Waals surface area contributed by atoms with E-state index in [2.05, 4.69) is 15.9 Å². The first-order valence-corrected chi connectivity index (χ1v) is 5.01. The Balaban J connectivity index is 2.80. The van der Waals surface area contributed by atoms with E-state index < -0.39 is 11.7 Å². The molecule has 1 aromatic rings. The van der Waals surface area contributed by atoms with Crippen molar-refractivity contribution in [2.24, 2.45) is 0 Å². The molecule has 1 amide bonds. The van der Waals surface area contributed by atoms with Crippen LogP contribution in [0.3, 0.4) is 0 Å². The number of hydrogen-bond donors (Lipinski definition) is 0. The number of rotatable bonds is 0. The Bertz CT molecular complexity index is 458. The minimum Gasteiger partial charge on any atom is -0.306 e. The Hall–Kier alpha value is -0.870. The number of carbonyl (C=O) groups is 2. The van der Waals surface area contributed by atoms with Crippen molar-refractivity contribution < 1.29 is 9.59 Å². The summed E-state index contributed by atoms with van der Waals surface area (Å²) in [5.74, 6) is -1.06. The highest BCUT2D eigenvalue weighted by molar-refractivity contribution is 9.10. The number of carbonyl (C=O) groups excluding carboxylic acids is 2. The molecule has 5 heteroatoms. The van der Waals surface area contributed by atoms with E-state index in [1.54, 1.807) is 12.1 Å². The number of amides is 1. The summed E-state index contributed by atoms with van der Waals surface area (Å²) in [7, 11) is 1.53. The SMILES string of the molecule is CN1C(=O)C(=O)c2c(Br)ccc(Cl)c21. The molecule has 0 bridgehead atoms. The zero-order valence-corrected chi connectivity index (χ0v) is 9.52. The lowest BCUT2D eigenvalue weighted by Crippen LogP contribution is -2.24. The molecule has 1 heterocycles. The molecule has 0 aliphatic carbocycles. The zero-order valence-electron chi connectivity index (χ0n) is 7.17. The quantitative estimate of drug-likeness (QED) is 0.681. The molecule has 0 N–H and O–H groups in total. The third-order valence-electron chi connectivity index (χ3n) is 2.14. The van der Waals surface area contributed by atoms with Crippen molar-refractivity contribution >= 4 is 44.9 Å².